The van der Waals surface area contributed by atoms with Crippen molar-refractivity contribution in [1.82, 2.24) is 9.21 Å². The Morgan fingerprint density at radius 1 is 1.24 bits per heavy atom. The van der Waals surface area contributed by atoms with Gasteiger partial charge in [0.25, 0.3) is 5.91 Å². The van der Waals surface area contributed by atoms with E-state index in [0.717, 1.165) is 17.4 Å². The van der Waals surface area contributed by atoms with Gasteiger partial charge in [0, 0.05) is 19.7 Å². The summed E-state index contributed by atoms with van der Waals surface area (Å²) in [6.45, 7) is 3.24. The van der Waals surface area contributed by atoms with E-state index in [-0.39, 0.29) is 10.8 Å². The van der Waals surface area contributed by atoms with Gasteiger partial charge in [0.05, 0.1) is 38.1 Å². The van der Waals surface area contributed by atoms with E-state index in [9.17, 15) is 13.2 Å². The van der Waals surface area contributed by atoms with Crippen LogP contribution in [0, 0.1) is 0 Å². The number of likely N-dealkylation sites (N-methyl/N-ethyl adjacent to an activating group) is 1. The molecule has 1 aliphatic heterocycles. The minimum absolute atomic E-state index is 0.0988. The van der Waals surface area contributed by atoms with Gasteiger partial charge < -0.3 is 9.80 Å². The van der Waals surface area contributed by atoms with E-state index in [1.54, 1.807) is 17.0 Å². The quantitative estimate of drug-likeness (QED) is 0.771. The van der Waals surface area contributed by atoms with Gasteiger partial charge in [0.1, 0.15) is 0 Å². The molecule has 2 rings (SSSR count). The van der Waals surface area contributed by atoms with Crippen LogP contribution in [0.5, 0.6) is 0 Å². The second-order valence-corrected chi connectivity index (χ2v) is 7.72. The number of sulfonamides is 1. The summed E-state index contributed by atoms with van der Waals surface area (Å²) in [6, 6.07) is 6.26. The van der Waals surface area contributed by atoms with Crippen molar-refractivity contribution in [1.29, 1.82) is 0 Å². The van der Waals surface area contributed by atoms with Crippen LogP contribution in [0.4, 0.5) is 0 Å². The number of hydrogen-bond donors (Lipinski definition) is 1. The van der Waals surface area contributed by atoms with Crippen LogP contribution in [0.3, 0.4) is 0 Å². The van der Waals surface area contributed by atoms with Gasteiger partial charge in [0.2, 0.25) is 10.0 Å². The van der Waals surface area contributed by atoms with Crippen LogP contribution in [-0.2, 0) is 10.0 Å². The summed E-state index contributed by atoms with van der Waals surface area (Å²) >= 11 is 0. The molecule has 0 atom stereocenters. The lowest BCUT2D eigenvalue weighted by molar-refractivity contribution is -0.883. The molecule has 21 heavy (non-hydrogen) atoms. The lowest BCUT2D eigenvalue weighted by atomic mass is 10.2. The summed E-state index contributed by atoms with van der Waals surface area (Å²) in [4.78, 5) is 15.8. The Labute approximate surface area is 126 Å². The highest BCUT2D eigenvalue weighted by Crippen LogP contribution is 2.16. The first-order valence-corrected chi connectivity index (χ1v) is 8.39. The summed E-state index contributed by atoms with van der Waals surface area (Å²) in [6.07, 6.45) is 0. The molecular formula is C14H22N3O3S+. The second kappa shape index (κ2) is 6.13. The average Bonchev–Trinajstić information content (AvgIpc) is 2.47. The summed E-state index contributed by atoms with van der Waals surface area (Å²) in [5, 5.41) is 0. The molecule has 0 unspecified atom stereocenters. The molecule has 1 heterocycles. The van der Waals surface area contributed by atoms with E-state index in [0.29, 0.717) is 18.7 Å². The molecule has 1 amide bonds. The SMILES string of the molecule is CN(C)S(=O)(=O)c1cccc(C(=O)N2CC[NH+](C)CC2)c1. The molecular weight excluding hydrogens is 290 g/mol. The van der Waals surface area contributed by atoms with Gasteiger partial charge in [-0.3, -0.25) is 4.79 Å². The molecule has 0 spiro atoms. The Hall–Kier alpha value is -1.44. The first-order valence-electron chi connectivity index (χ1n) is 6.95. The smallest absolute Gasteiger partial charge is 0.254 e. The maximum Gasteiger partial charge on any atom is 0.254 e. The third-order valence-electron chi connectivity index (χ3n) is 3.76. The first-order chi connectivity index (χ1) is 9.82. The number of benzene rings is 1. The van der Waals surface area contributed by atoms with Gasteiger partial charge in [-0.1, -0.05) is 6.07 Å². The second-order valence-electron chi connectivity index (χ2n) is 5.56. The van der Waals surface area contributed by atoms with Crippen molar-refractivity contribution in [3.63, 3.8) is 0 Å². The van der Waals surface area contributed by atoms with Gasteiger partial charge in [-0.15, -0.1) is 0 Å². The van der Waals surface area contributed by atoms with Gasteiger partial charge >= 0.3 is 0 Å². The Morgan fingerprint density at radius 3 is 2.43 bits per heavy atom. The lowest BCUT2D eigenvalue weighted by Crippen LogP contribution is -3.12. The van der Waals surface area contributed by atoms with Gasteiger partial charge in [-0.25, -0.2) is 12.7 Å². The molecule has 0 radical (unpaired) electrons. The summed E-state index contributed by atoms with van der Waals surface area (Å²) in [5.41, 5.74) is 0.428. The molecule has 0 bridgehead atoms. The summed E-state index contributed by atoms with van der Waals surface area (Å²) in [7, 11) is 1.55. The van der Waals surface area contributed by atoms with Crippen LogP contribution in [0.2, 0.25) is 0 Å². The van der Waals surface area contributed by atoms with Gasteiger partial charge in [-0.2, -0.15) is 0 Å². The van der Waals surface area contributed by atoms with Crippen molar-refractivity contribution in [3.8, 4) is 0 Å². The van der Waals surface area contributed by atoms with E-state index in [2.05, 4.69) is 7.05 Å². The molecule has 1 fully saturated rings. The maximum absolute atomic E-state index is 12.5. The number of rotatable bonds is 3. The largest absolute Gasteiger partial charge is 0.334 e. The molecule has 6 nitrogen and oxygen atoms in total. The Bertz CT molecular complexity index is 620. The zero-order chi connectivity index (χ0) is 15.6. The molecule has 0 saturated carbocycles. The molecule has 7 heteroatoms. The van der Waals surface area contributed by atoms with Crippen LogP contribution in [0.15, 0.2) is 29.2 Å². The monoisotopic (exact) mass is 312 g/mol. The number of quaternary nitrogens is 1. The maximum atomic E-state index is 12.5. The van der Waals surface area contributed by atoms with Crippen molar-refractivity contribution >= 4 is 15.9 Å². The zero-order valence-corrected chi connectivity index (χ0v) is 13.5. The number of nitrogens with one attached hydrogen (secondary N) is 1. The molecule has 1 saturated heterocycles. The predicted octanol–water partition coefficient (Wildman–Crippen LogP) is -1.09. The van der Waals surface area contributed by atoms with Gasteiger partial charge in [-0.05, 0) is 18.2 Å². The van der Waals surface area contributed by atoms with E-state index < -0.39 is 10.0 Å². The number of piperazine rings is 1. The van der Waals surface area contributed by atoms with Crippen LogP contribution in [0.1, 0.15) is 10.4 Å². The van der Waals surface area contributed by atoms with Crippen molar-refractivity contribution < 1.29 is 18.1 Å². The molecule has 1 aromatic carbocycles. The molecule has 116 valence electrons. The minimum Gasteiger partial charge on any atom is -0.334 e. The standard InChI is InChI=1S/C14H21N3O3S/c1-15(2)21(19,20)13-6-4-5-12(11-13)14(18)17-9-7-16(3)8-10-17/h4-6,11H,7-10H2,1-3H3/p+1. The summed E-state index contributed by atoms with van der Waals surface area (Å²) in [5.74, 6) is -0.0988. The molecule has 0 aromatic heterocycles. The fraction of sp³-hybridized carbons (Fsp3) is 0.500. The first kappa shape index (κ1) is 15.9. The van der Waals surface area contributed by atoms with Crippen molar-refractivity contribution in [2.45, 2.75) is 4.90 Å². The highest BCUT2D eigenvalue weighted by atomic mass is 32.2. The van der Waals surface area contributed by atoms with E-state index in [1.807, 2.05) is 0 Å². The van der Waals surface area contributed by atoms with Crippen LogP contribution >= 0.6 is 0 Å². The van der Waals surface area contributed by atoms with Crippen molar-refractivity contribution in [2.75, 3.05) is 47.3 Å². The number of carbonyl (C=O) groups excluding carboxylic acids is 1. The zero-order valence-electron chi connectivity index (χ0n) is 12.7. The van der Waals surface area contributed by atoms with Gasteiger partial charge in [0.15, 0.2) is 0 Å². The fourth-order valence-electron chi connectivity index (χ4n) is 2.27. The molecule has 1 aromatic rings. The van der Waals surface area contributed by atoms with E-state index in [1.165, 1.54) is 31.1 Å². The highest BCUT2D eigenvalue weighted by molar-refractivity contribution is 7.89. The number of nitrogens with zero attached hydrogens (tertiary/aromatic N) is 2. The fourth-order valence-corrected chi connectivity index (χ4v) is 3.22. The van der Waals surface area contributed by atoms with Crippen molar-refractivity contribution in [3.05, 3.63) is 29.8 Å². The van der Waals surface area contributed by atoms with Crippen molar-refractivity contribution in [2.24, 2.45) is 0 Å². The third kappa shape index (κ3) is 3.42. The Morgan fingerprint density at radius 2 is 1.86 bits per heavy atom. The summed E-state index contributed by atoms with van der Waals surface area (Å²) < 4.78 is 25.4. The number of hydrogen-bond acceptors (Lipinski definition) is 3. The lowest BCUT2D eigenvalue weighted by Gasteiger charge is -2.30. The average molecular weight is 312 g/mol. The van der Waals surface area contributed by atoms with Crippen LogP contribution in [0.25, 0.3) is 0 Å². The Balaban J connectivity index is 2.23. The minimum atomic E-state index is -3.51. The Kier molecular flexibility index (Phi) is 4.65. The molecule has 1 aliphatic rings. The number of carbonyl (C=O) groups is 1. The molecule has 0 aliphatic carbocycles. The van der Waals surface area contributed by atoms with Crippen LogP contribution < -0.4 is 4.90 Å². The number of amides is 1. The predicted molar refractivity (Wildman–Crippen MR) is 79.8 cm³/mol. The van der Waals surface area contributed by atoms with Crippen LogP contribution in [-0.4, -0.2) is 70.9 Å². The third-order valence-corrected chi connectivity index (χ3v) is 5.57. The molecule has 1 N–H and O–H groups in total. The van der Waals surface area contributed by atoms with E-state index >= 15 is 0 Å². The topological polar surface area (TPSA) is 62.1 Å². The van der Waals surface area contributed by atoms with E-state index in [4.69, 9.17) is 0 Å². The highest BCUT2D eigenvalue weighted by Gasteiger charge is 2.24. The normalized spacial score (nSPS) is 17.2.